The Morgan fingerprint density at radius 1 is 1.27 bits per heavy atom. The van der Waals surface area contributed by atoms with Gasteiger partial charge in [-0.15, -0.1) is 11.3 Å². The van der Waals surface area contributed by atoms with Gasteiger partial charge in [-0.1, -0.05) is 35.9 Å². The molecular formula is C16H16ClNO3S. The van der Waals surface area contributed by atoms with Gasteiger partial charge in [-0.2, -0.15) is 0 Å². The molecule has 0 saturated heterocycles. The van der Waals surface area contributed by atoms with Gasteiger partial charge >= 0.3 is 5.97 Å². The summed E-state index contributed by atoms with van der Waals surface area (Å²) in [7, 11) is 1.32. The van der Waals surface area contributed by atoms with E-state index in [0.29, 0.717) is 10.6 Å². The van der Waals surface area contributed by atoms with Gasteiger partial charge in [0.05, 0.1) is 26.0 Å². The van der Waals surface area contributed by atoms with Crippen LogP contribution in [0.3, 0.4) is 0 Å². The van der Waals surface area contributed by atoms with E-state index in [1.54, 1.807) is 18.2 Å². The highest BCUT2D eigenvalue weighted by molar-refractivity contribution is 7.10. The maximum Gasteiger partial charge on any atom is 0.307 e. The quantitative estimate of drug-likeness (QED) is 0.822. The second-order valence-corrected chi connectivity index (χ2v) is 6.12. The molecule has 0 bridgehead atoms. The molecule has 0 radical (unpaired) electrons. The molecule has 0 fully saturated rings. The zero-order valence-corrected chi connectivity index (χ0v) is 13.6. The summed E-state index contributed by atoms with van der Waals surface area (Å²) in [4.78, 5) is 24.7. The van der Waals surface area contributed by atoms with E-state index in [-0.39, 0.29) is 18.7 Å². The van der Waals surface area contributed by atoms with Crippen LogP contribution in [0.15, 0.2) is 41.8 Å². The lowest BCUT2D eigenvalue weighted by molar-refractivity contribution is -0.141. The van der Waals surface area contributed by atoms with E-state index in [1.807, 2.05) is 23.6 Å². The molecule has 6 heteroatoms. The van der Waals surface area contributed by atoms with E-state index in [4.69, 9.17) is 16.3 Å². The van der Waals surface area contributed by atoms with Crippen LogP contribution in [0.5, 0.6) is 0 Å². The molecule has 0 aliphatic carbocycles. The Balaban J connectivity index is 2.12. The van der Waals surface area contributed by atoms with E-state index >= 15 is 0 Å². The van der Waals surface area contributed by atoms with Crippen molar-refractivity contribution < 1.29 is 14.3 Å². The summed E-state index contributed by atoms with van der Waals surface area (Å²) in [6, 6.07) is 10.4. The summed E-state index contributed by atoms with van der Waals surface area (Å²) >= 11 is 7.69. The second-order valence-electron chi connectivity index (χ2n) is 4.68. The Kier molecular flexibility index (Phi) is 5.98. The Bertz CT molecular complexity index is 643. The number of carbonyl (C=O) groups is 2. The number of amides is 1. The van der Waals surface area contributed by atoms with Crippen molar-refractivity contribution in [1.82, 2.24) is 5.32 Å². The first-order chi connectivity index (χ1) is 10.6. The summed E-state index contributed by atoms with van der Waals surface area (Å²) in [5, 5.41) is 5.29. The zero-order valence-electron chi connectivity index (χ0n) is 12.0. The molecule has 4 nitrogen and oxygen atoms in total. The molecule has 2 rings (SSSR count). The van der Waals surface area contributed by atoms with Crippen molar-refractivity contribution in [3.05, 3.63) is 57.2 Å². The number of benzene rings is 1. The van der Waals surface area contributed by atoms with Crippen molar-refractivity contribution in [2.45, 2.75) is 18.9 Å². The number of ether oxygens (including phenoxy) is 1. The van der Waals surface area contributed by atoms with Crippen molar-refractivity contribution in [2.24, 2.45) is 0 Å². The fourth-order valence-corrected chi connectivity index (χ4v) is 3.03. The van der Waals surface area contributed by atoms with Gasteiger partial charge in [0, 0.05) is 9.90 Å². The van der Waals surface area contributed by atoms with Crippen LogP contribution in [0, 0.1) is 0 Å². The predicted octanol–water partition coefficient (Wildman–Crippen LogP) is 3.36. The Labute approximate surface area is 138 Å². The number of nitrogens with one attached hydrogen (secondary N) is 1. The van der Waals surface area contributed by atoms with Crippen molar-refractivity contribution >= 4 is 34.8 Å². The van der Waals surface area contributed by atoms with Crippen LogP contribution in [0.25, 0.3) is 0 Å². The summed E-state index contributed by atoms with van der Waals surface area (Å²) in [6.45, 7) is 0. The molecule has 1 amide bonds. The van der Waals surface area contributed by atoms with Crippen LogP contribution in [0.4, 0.5) is 0 Å². The second kappa shape index (κ2) is 7.96. The van der Waals surface area contributed by atoms with Crippen molar-refractivity contribution in [3.63, 3.8) is 0 Å². The van der Waals surface area contributed by atoms with Crippen LogP contribution in [-0.4, -0.2) is 19.0 Å². The number of esters is 1. The highest BCUT2D eigenvalue weighted by atomic mass is 35.5. The van der Waals surface area contributed by atoms with Gasteiger partial charge in [-0.25, -0.2) is 0 Å². The molecule has 0 aliphatic rings. The van der Waals surface area contributed by atoms with E-state index in [1.165, 1.54) is 18.4 Å². The fraction of sp³-hybridized carbons (Fsp3) is 0.250. The molecule has 2 aromatic rings. The van der Waals surface area contributed by atoms with Gasteiger partial charge in [0.15, 0.2) is 0 Å². The smallest absolute Gasteiger partial charge is 0.307 e. The van der Waals surface area contributed by atoms with Crippen molar-refractivity contribution in [1.29, 1.82) is 0 Å². The molecule has 1 atom stereocenters. The Hall–Kier alpha value is -1.85. The molecule has 0 saturated carbocycles. The maximum atomic E-state index is 12.2. The van der Waals surface area contributed by atoms with Crippen LogP contribution >= 0.6 is 22.9 Å². The first kappa shape index (κ1) is 16.5. The fourth-order valence-electron chi connectivity index (χ4n) is 2.06. The van der Waals surface area contributed by atoms with Gasteiger partial charge in [0.25, 0.3) is 0 Å². The standard InChI is InChI=1S/C16H16ClNO3S/c1-21-16(20)10-14(12-6-2-3-7-13(12)17)18-15(19)9-11-5-4-8-22-11/h2-8,14H,9-10H2,1H3,(H,18,19)/t14-/m1/s1. The van der Waals surface area contributed by atoms with Crippen LogP contribution < -0.4 is 5.32 Å². The number of thiophene rings is 1. The first-order valence-corrected chi connectivity index (χ1v) is 7.99. The number of methoxy groups -OCH3 is 1. The van der Waals surface area contributed by atoms with E-state index < -0.39 is 12.0 Å². The van der Waals surface area contributed by atoms with Crippen molar-refractivity contribution in [2.75, 3.05) is 7.11 Å². The monoisotopic (exact) mass is 337 g/mol. The minimum Gasteiger partial charge on any atom is -0.469 e. The number of halogens is 1. The van der Waals surface area contributed by atoms with Gasteiger partial charge in [0.2, 0.25) is 5.91 Å². The minimum atomic E-state index is -0.506. The molecule has 0 unspecified atom stereocenters. The van der Waals surface area contributed by atoms with Crippen molar-refractivity contribution in [3.8, 4) is 0 Å². The third-order valence-electron chi connectivity index (χ3n) is 3.13. The lowest BCUT2D eigenvalue weighted by Gasteiger charge is -2.19. The molecular weight excluding hydrogens is 322 g/mol. The predicted molar refractivity (Wildman–Crippen MR) is 87.0 cm³/mol. The van der Waals surface area contributed by atoms with Crippen LogP contribution in [0.1, 0.15) is 22.9 Å². The normalized spacial score (nSPS) is 11.7. The SMILES string of the molecule is COC(=O)C[C@@H](NC(=O)Cc1cccs1)c1ccccc1Cl. The summed E-state index contributed by atoms with van der Waals surface area (Å²) in [5.74, 6) is -0.558. The maximum absolute atomic E-state index is 12.2. The summed E-state index contributed by atoms with van der Waals surface area (Å²) in [5.41, 5.74) is 0.703. The lowest BCUT2D eigenvalue weighted by Crippen LogP contribution is -2.31. The molecule has 0 aliphatic heterocycles. The van der Waals surface area contributed by atoms with Gasteiger partial charge in [0.1, 0.15) is 0 Å². The molecule has 1 heterocycles. The average molecular weight is 338 g/mol. The van der Waals surface area contributed by atoms with Gasteiger partial charge in [-0.3, -0.25) is 9.59 Å². The zero-order chi connectivity index (χ0) is 15.9. The Morgan fingerprint density at radius 2 is 2.05 bits per heavy atom. The lowest BCUT2D eigenvalue weighted by atomic mass is 10.0. The van der Waals surface area contributed by atoms with Gasteiger partial charge in [-0.05, 0) is 23.1 Å². The molecule has 1 aromatic carbocycles. The molecule has 1 N–H and O–H groups in total. The Morgan fingerprint density at radius 3 is 2.68 bits per heavy atom. The largest absolute Gasteiger partial charge is 0.469 e. The highest BCUT2D eigenvalue weighted by Crippen LogP contribution is 2.25. The third-order valence-corrected chi connectivity index (χ3v) is 4.35. The third kappa shape index (κ3) is 4.58. The van der Waals surface area contributed by atoms with Crippen LogP contribution in [-0.2, 0) is 20.7 Å². The number of hydrogen-bond acceptors (Lipinski definition) is 4. The summed E-state index contributed by atoms with van der Waals surface area (Å²) < 4.78 is 4.70. The number of hydrogen-bond donors (Lipinski definition) is 1. The van der Waals surface area contributed by atoms with Crippen LogP contribution in [0.2, 0.25) is 5.02 Å². The van der Waals surface area contributed by atoms with E-state index in [0.717, 1.165) is 4.88 Å². The number of carbonyl (C=O) groups excluding carboxylic acids is 2. The van der Waals surface area contributed by atoms with E-state index in [9.17, 15) is 9.59 Å². The first-order valence-electron chi connectivity index (χ1n) is 6.73. The minimum absolute atomic E-state index is 0.0381. The highest BCUT2D eigenvalue weighted by Gasteiger charge is 2.21. The number of rotatable bonds is 6. The molecule has 0 spiro atoms. The van der Waals surface area contributed by atoms with Gasteiger partial charge < -0.3 is 10.1 Å². The topological polar surface area (TPSA) is 55.4 Å². The van der Waals surface area contributed by atoms with E-state index in [2.05, 4.69) is 5.32 Å². The average Bonchev–Trinajstić information content (AvgIpc) is 2.99. The molecule has 116 valence electrons. The summed E-state index contributed by atoms with van der Waals surface area (Å²) in [6.07, 6.45) is 0.316. The molecule has 22 heavy (non-hydrogen) atoms. The molecule has 1 aromatic heterocycles.